The lowest BCUT2D eigenvalue weighted by Crippen LogP contribution is -2.05. The van der Waals surface area contributed by atoms with Crippen molar-refractivity contribution < 1.29 is 38.1 Å². The van der Waals surface area contributed by atoms with Gasteiger partial charge in [0.1, 0.15) is 0 Å². The van der Waals surface area contributed by atoms with Crippen LogP contribution in [0, 0.1) is 23.7 Å². The quantitative estimate of drug-likeness (QED) is 0.0337. The minimum Gasteiger partial charge on any atom is -0.469 e. The molecule has 0 N–H and O–H groups in total. The van der Waals surface area contributed by atoms with E-state index in [0.717, 1.165) is 68.6 Å². The Labute approximate surface area is 516 Å². The van der Waals surface area contributed by atoms with Crippen molar-refractivity contribution in [1.82, 2.24) is 0 Å². The van der Waals surface area contributed by atoms with Gasteiger partial charge in [-0.2, -0.15) is 0 Å². The van der Waals surface area contributed by atoms with Gasteiger partial charge in [0.15, 0.2) is 0 Å². The Kier molecular flexibility index (Phi) is 59.8. The van der Waals surface area contributed by atoms with Gasteiger partial charge in [-0.05, 0) is 68.6 Å². The Morgan fingerprint density at radius 3 is 0.639 bits per heavy atom. The summed E-state index contributed by atoms with van der Waals surface area (Å²) >= 11 is 0. The lowest BCUT2D eigenvalue weighted by molar-refractivity contribution is -0.144. The van der Waals surface area contributed by atoms with E-state index in [0.29, 0.717) is 45.5 Å². The first-order valence-corrected chi connectivity index (χ1v) is 37.3. The molecule has 4 aliphatic rings. The molecule has 0 aromatic rings. The molecular formula is C75H142O8. The zero-order valence-corrected chi connectivity index (χ0v) is 56.1. The summed E-state index contributed by atoms with van der Waals surface area (Å²) < 4.78 is 20.4. The maximum atomic E-state index is 11.6. The first kappa shape index (κ1) is 78.9. The summed E-state index contributed by atoms with van der Waals surface area (Å²) in [6.45, 7) is 8.57. The van der Waals surface area contributed by atoms with Gasteiger partial charge in [-0.25, -0.2) is 0 Å². The number of hydrogen-bond donors (Lipinski definition) is 0. The zero-order chi connectivity index (χ0) is 60.0. The van der Waals surface area contributed by atoms with E-state index >= 15 is 0 Å². The van der Waals surface area contributed by atoms with Crippen LogP contribution in [0.5, 0.6) is 0 Å². The van der Waals surface area contributed by atoms with Crippen LogP contribution in [-0.2, 0) is 38.1 Å². The van der Waals surface area contributed by atoms with E-state index in [1.165, 1.54) is 322 Å². The van der Waals surface area contributed by atoms with Crippen LogP contribution in [-0.4, -0.2) is 50.8 Å². The summed E-state index contributed by atoms with van der Waals surface area (Å²) in [6.07, 6.45) is 76.2. The fraction of sp³-hybridized carbons (Fsp3) is 0.947. The molecule has 0 radical (unpaired) electrons. The topological polar surface area (TPSA) is 105 Å². The first-order valence-electron chi connectivity index (χ1n) is 37.3. The largest absolute Gasteiger partial charge is 0.469 e. The van der Waals surface area contributed by atoms with Crippen LogP contribution in [0.3, 0.4) is 0 Å². The van der Waals surface area contributed by atoms with Crippen molar-refractivity contribution in [3.8, 4) is 0 Å². The Bertz CT molecular complexity index is 1380. The van der Waals surface area contributed by atoms with Crippen molar-refractivity contribution >= 4 is 23.9 Å². The molecule has 0 aliphatic heterocycles. The number of carbonyl (C=O) groups is 4. The van der Waals surface area contributed by atoms with Crippen molar-refractivity contribution in [3.05, 3.63) is 0 Å². The first-order chi connectivity index (χ1) is 40.8. The number of hydrogen-bond acceptors (Lipinski definition) is 8. The molecule has 0 heterocycles. The van der Waals surface area contributed by atoms with Gasteiger partial charge in [-0.15, -0.1) is 0 Å². The van der Waals surface area contributed by atoms with Crippen molar-refractivity contribution in [3.63, 3.8) is 0 Å². The van der Waals surface area contributed by atoms with Gasteiger partial charge in [-0.1, -0.05) is 335 Å². The third kappa shape index (κ3) is 67.2. The molecule has 8 nitrogen and oxygen atoms in total. The molecule has 8 heteroatoms. The summed E-state index contributed by atoms with van der Waals surface area (Å²) in [5, 5.41) is 0. The molecule has 0 atom stereocenters. The average Bonchev–Trinajstić information content (AvgIpc) is 4.25. The third-order valence-electron chi connectivity index (χ3n) is 17.8. The normalized spacial score (nSPS) is 14.4. The van der Waals surface area contributed by atoms with Crippen LogP contribution in [0.1, 0.15) is 406 Å². The van der Waals surface area contributed by atoms with Crippen LogP contribution < -0.4 is 0 Å². The Morgan fingerprint density at radius 2 is 0.422 bits per heavy atom. The minimum absolute atomic E-state index is 0.0107. The van der Waals surface area contributed by atoms with Crippen molar-refractivity contribution in [2.24, 2.45) is 23.7 Å². The Hall–Kier alpha value is -2.12. The lowest BCUT2D eigenvalue weighted by Gasteiger charge is -2.05. The van der Waals surface area contributed by atoms with Crippen LogP contribution in [0.15, 0.2) is 0 Å². The molecule has 0 amide bonds. The molecule has 4 rings (SSSR count). The Balaban J connectivity index is 0.000000556. The third-order valence-corrected chi connectivity index (χ3v) is 17.8. The molecule has 0 aromatic carbocycles. The van der Waals surface area contributed by atoms with E-state index in [9.17, 15) is 19.2 Å². The number of rotatable bonds is 59. The molecule has 0 spiro atoms. The highest BCUT2D eigenvalue weighted by Gasteiger charge is 2.22. The predicted octanol–water partition coefficient (Wildman–Crippen LogP) is 23.7. The van der Waals surface area contributed by atoms with E-state index < -0.39 is 0 Å². The molecule has 4 saturated carbocycles. The highest BCUT2D eigenvalue weighted by atomic mass is 16.5. The summed E-state index contributed by atoms with van der Waals surface area (Å²) in [5.74, 6) is 4.33. The van der Waals surface area contributed by atoms with E-state index in [-0.39, 0.29) is 23.9 Å². The van der Waals surface area contributed by atoms with Gasteiger partial charge >= 0.3 is 23.9 Å². The van der Waals surface area contributed by atoms with Gasteiger partial charge in [0.25, 0.3) is 0 Å². The molecule has 4 fully saturated rings. The molecule has 0 aromatic heterocycles. The molecule has 0 bridgehead atoms. The smallest absolute Gasteiger partial charge is 0.305 e. The molecule has 4 aliphatic carbocycles. The molecule has 0 saturated heterocycles. The zero-order valence-electron chi connectivity index (χ0n) is 56.1. The number of unbranched alkanes of at least 4 members (excludes halogenated alkanes) is 37. The minimum atomic E-state index is -0.0647. The molecular weight excluding hydrogens is 1030 g/mol. The van der Waals surface area contributed by atoms with Gasteiger partial charge in [0.2, 0.25) is 0 Å². The fourth-order valence-corrected chi connectivity index (χ4v) is 11.1. The summed E-state index contributed by atoms with van der Waals surface area (Å²) in [5.41, 5.74) is 0. The molecule has 490 valence electrons. The van der Waals surface area contributed by atoms with Crippen LogP contribution in [0.25, 0.3) is 0 Å². The van der Waals surface area contributed by atoms with Crippen LogP contribution >= 0.6 is 0 Å². The van der Waals surface area contributed by atoms with Gasteiger partial charge in [0, 0.05) is 25.7 Å². The van der Waals surface area contributed by atoms with E-state index in [2.05, 4.69) is 25.5 Å². The van der Waals surface area contributed by atoms with Gasteiger partial charge < -0.3 is 18.9 Å². The highest BCUT2D eigenvalue weighted by molar-refractivity contribution is 5.70. The monoisotopic (exact) mass is 1170 g/mol. The predicted molar refractivity (Wildman–Crippen MR) is 353 cm³/mol. The highest BCUT2D eigenvalue weighted by Crippen LogP contribution is 2.36. The van der Waals surface area contributed by atoms with E-state index in [1.807, 2.05) is 0 Å². The maximum Gasteiger partial charge on any atom is 0.305 e. The fourth-order valence-electron chi connectivity index (χ4n) is 11.1. The number of carbonyl (C=O) groups excluding carboxylic acids is 4. The van der Waals surface area contributed by atoms with Crippen LogP contribution in [0.2, 0.25) is 0 Å². The molecule has 0 unspecified atom stereocenters. The van der Waals surface area contributed by atoms with E-state index in [4.69, 9.17) is 14.2 Å². The number of esters is 4. The maximum absolute atomic E-state index is 11.6. The number of methoxy groups -OCH3 is 1. The summed E-state index contributed by atoms with van der Waals surface area (Å²) in [4.78, 5) is 45.5. The van der Waals surface area contributed by atoms with Gasteiger partial charge in [-0.3, -0.25) is 19.2 Å². The van der Waals surface area contributed by atoms with Crippen LogP contribution in [0.4, 0.5) is 0 Å². The van der Waals surface area contributed by atoms with Crippen molar-refractivity contribution in [2.75, 3.05) is 26.9 Å². The lowest BCUT2D eigenvalue weighted by atomic mass is 10.1. The SMILES string of the molecule is CCCCCCCCCCOC(=O)CCCCCCC1CC1.CCCCCCCCOC(=O)CCCCCCCCC1CC1.CCCCCCOC(=O)CCCCCCCCCCC1CC1.COC(=O)CCCCCCCCCCC1CC1. The van der Waals surface area contributed by atoms with Crippen molar-refractivity contribution in [2.45, 2.75) is 406 Å². The Morgan fingerprint density at radius 1 is 0.241 bits per heavy atom. The summed E-state index contributed by atoms with van der Waals surface area (Å²) in [7, 11) is 1.46. The second-order valence-electron chi connectivity index (χ2n) is 26.7. The second-order valence-corrected chi connectivity index (χ2v) is 26.7. The standard InChI is InChI=1S/3C20H38O2.C15H28O2/c1-2-3-4-13-18-22-20(21)15-12-10-8-6-5-7-9-11-14-19-16-17-19;1-2-3-4-5-10-13-18-22-20(21)15-12-9-7-6-8-11-14-19-16-17-19;1-2-3-4-5-6-7-10-13-18-22-20(21)15-12-9-8-11-14-19-16-17-19;1-17-15(16)11-9-7-5-3-2-4-6-8-10-14-12-13-14/h3*19H,2-18H2,1H3;14H,2-13H2,1H3. The summed E-state index contributed by atoms with van der Waals surface area (Å²) in [6, 6.07) is 0. The average molecular weight is 1170 g/mol. The second kappa shape index (κ2) is 62.9. The van der Waals surface area contributed by atoms with E-state index in [1.54, 1.807) is 0 Å². The van der Waals surface area contributed by atoms with Crippen molar-refractivity contribution in [1.29, 1.82) is 0 Å². The number of ether oxygens (including phenoxy) is 4. The van der Waals surface area contributed by atoms with Gasteiger partial charge in [0.05, 0.1) is 26.9 Å². The molecule has 83 heavy (non-hydrogen) atoms.